The summed E-state index contributed by atoms with van der Waals surface area (Å²) in [5.74, 6) is -7.70. The Labute approximate surface area is 208 Å². The molecule has 1 heterocycles. The first-order valence-corrected chi connectivity index (χ1v) is 11.5. The lowest BCUT2D eigenvalue weighted by Gasteiger charge is -2.48. The molecule has 0 aromatic carbocycles. The minimum Gasteiger partial charge on any atom is -0.478 e. The van der Waals surface area contributed by atoms with Crippen molar-refractivity contribution in [2.24, 2.45) is 0 Å². The lowest BCUT2D eigenvalue weighted by Crippen LogP contribution is -2.68. The number of hydrogen-bond acceptors (Lipinski definition) is 12. The lowest BCUT2D eigenvalue weighted by atomic mass is 9.92. The van der Waals surface area contributed by atoms with Gasteiger partial charge < -0.3 is 33.5 Å². The van der Waals surface area contributed by atoms with Crippen molar-refractivity contribution in [3.63, 3.8) is 0 Å². The van der Waals surface area contributed by atoms with Crippen LogP contribution < -0.4 is 0 Å². The minimum atomic E-state index is -2.18. The maximum Gasteiger partial charge on any atom is 0.333 e. The van der Waals surface area contributed by atoms with E-state index in [2.05, 4.69) is 0 Å². The molecule has 1 rings (SSSR count). The summed E-state index contributed by atoms with van der Waals surface area (Å²) in [6.07, 6.45) is -5.10. The van der Waals surface area contributed by atoms with Crippen molar-refractivity contribution in [1.29, 1.82) is 0 Å². The molecule has 0 aromatic rings. The van der Waals surface area contributed by atoms with Gasteiger partial charge in [-0.15, -0.1) is 0 Å². The van der Waals surface area contributed by atoms with Gasteiger partial charge in [-0.2, -0.15) is 0 Å². The van der Waals surface area contributed by atoms with Gasteiger partial charge in [0, 0.05) is 44.8 Å². The number of esters is 5. The smallest absolute Gasteiger partial charge is 0.333 e. The van der Waals surface area contributed by atoms with Crippen LogP contribution in [-0.4, -0.2) is 77.7 Å². The Morgan fingerprint density at radius 3 is 1.78 bits per heavy atom. The van der Waals surface area contributed by atoms with Gasteiger partial charge in [0.1, 0.15) is 12.7 Å². The van der Waals surface area contributed by atoms with E-state index in [1.807, 2.05) is 0 Å². The summed E-state index contributed by atoms with van der Waals surface area (Å²) in [6, 6.07) is 0. The first-order chi connectivity index (χ1) is 16.9. The molecule has 0 unspecified atom stereocenters. The molecule has 1 N–H and O–H groups in total. The average Bonchev–Trinajstić information content (AvgIpc) is 2.84. The maximum absolute atomic E-state index is 12.4. The molecule has 1 fully saturated rings. The SMILES string of the molecule is CCC(=O)OC[C@H]1O[C@@](C)(OC(=O)/C=C/C(=O)O)[C@H](OC(=O)CC)[C@@H](OC(=O)CC)[C@@H]1OC(=O)CC. The highest BCUT2D eigenvalue weighted by atomic mass is 16.8. The van der Waals surface area contributed by atoms with Crippen LogP contribution >= 0.6 is 0 Å². The van der Waals surface area contributed by atoms with Gasteiger partial charge in [-0.3, -0.25) is 19.2 Å². The average molecular weight is 516 g/mol. The number of hydrogen-bond donors (Lipinski definition) is 1. The fraction of sp³-hybridized carbons (Fsp3) is 0.652. The number of carboxylic acid groups (broad SMARTS) is 1. The predicted molar refractivity (Wildman–Crippen MR) is 118 cm³/mol. The van der Waals surface area contributed by atoms with Gasteiger partial charge in [0.15, 0.2) is 12.2 Å². The summed E-state index contributed by atoms with van der Waals surface area (Å²) >= 11 is 0. The molecule has 0 saturated carbocycles. The first-order valence-electron chi connectivity index (χ1n) is 11.5. The lowest BCUT2D eigenvalue weighted by molar-refractivity contribution is -0.346. The van der Waals surface area contributed by atoms with E-state index in [0.29, 0.717) is 12.2 Å². The van der Waals surface area contributed by atoms with Crippen LogP contribution in [0.1, 0.15) is 60.3 Å². The standard InChI is InChI=1S/C23H32O13/c1-6-15(26)31-12-13-20(32-16(27)7-2)21(33-17(28)8-3)22(34-18(29)9-4)23(5,35-13)36-19(30)11-10-14(24)25/h10-11,13,20-22H,6-9,12H2,1-5H3,(H,24,25)/b11-10+/t13-,20-,21+,22-,23+/m1/s1. The van der Waals surface area contributed by atoms with E-state index in [4.69, 9.17) is 33.5 Å². The molecule has 1 aliphatic heterocycles. The van der Waals surface area contributed by atoms with E-state index >= 15 is 0 Å². The van der Waals surface area contributed by atoms with Crippen molar-refractivity contribution in [1.82, 2.24) is 0 Å². The topological polar surface area (TPSA) is 178 Å². The normalized spacial score (nSPS) is 25.5. The first kappa shape index (κ1) is 30.6. The quantitative estimate of drug-likeness (QED) is 0.222. The zero-order valence-corrected chi connectivity index (χ0v) is 20.8. The van der Waals surface area contributed by atoms with Crippen LogP contribution in [0.3, 0.4) is 0 Å². The van der Waals surface area contributed by atoms with Crippen molar-refractivity contribution in [2.75, 3.05) is 6.61 Å². The molecule has 0 bridgehead atoms. The molecule has 13 heteroatoms. The molecule has 13 nitrogen and oxygen atoms in total. The van der Waals surface area contributed by atoms with Gasteiger partial charge in [-0.05, 0) is 0 Å². The molecule has 5 atom stereocenters. The van der Waals surface area contributed by atoms with Gasteiger partial charge in [-0.25, -0.2) is 9.59 Å². The minimum absolute atomic E-state index is 0.0172. The molecule has 0 aromatic heterocycles. The van der Waals surface area contributed by atoms with Crippen molar-refractivity contribution >= 4 is 35.8 Å². The molecular weight excluding hydrogens is 484 g/mol. The third-order valence-corrected chi connectivity index (χ3v) is 4.91. The number of ether oxygens (including phenoxy) is 6. The summed E-state index contributed by atoms with van der Waals surface area (Å²) in [5.41, 5.74) is 0. The zero-order chi connectivity index (χ0) is 27.5. The Balaban J connectivity index is 3.59. The molecule has 0 aliphatic carbocycles. The molecule has 0 radical (unpaired) electrons. The number of carbonyl (C=O) groups excluding carboxylic acids is 5. The van der Waals surface area contributed by atoms with Gasteiger partial charge in [0.05, 0.1) is 0 Å². The highest BCUT2D eigenvalue weighted by Gasteiger charge is 2.60. The second kappa shape index (κ2) is 14.2. The van der Waals surface area contributed by atoms with Crippen LogP contribution in [0.25, 0.3) is 0 Å². The molecular formula is C23H32O13. The number of carboxylic acids is 1. The van der Waals surface area contributed by atoms with Crippen LogP contribution in [-0.2, 0) is 57.2 Å². The van der Waals surface area contributed by atoms with E-state index in [-0.39, 0.29) is 25.7 Å². The number of carbonyl (C=O) groups is 6. The molecule has 0 spiro atoms. The van der Waals surface area contributed by atoms with Gasteiger partial charge in [0.2, 0.25) is 6.10 Å². The highest BCUT2D eigenvalue weighted by molar-refractivity contribution is 5.90. The van der Waals surface area contributed by atoms with E-state index in [0.717, 1.165) is 0 Å². The molecule has 36 heavy (non-hydrogen) atoms. The second-order valence-electron chi connectivity index (χ2n) is 7.68. The number of aliphatic carboxylic acids is 1. The van der Waals surface area contributed by atoms with Gasteiger partial charge in [-0.1, -0.05) is 27.7 Å². The van der Waals surface area contributed by atoms with Crippen LogP contribution in [0, 0.1) is 0 Å². The summed E-state index contributed by atoms with van der Waals surface area (Å²) in [5, 5.41) is 8.78. The zero-order valence-electron chi connectivity index (χ0n) is 20.8. The molecule has 1 aliphatic rings. The van der Waals surface area contributed by atoms with Gasteiger partial charge >= 0.3 is 35.8 Å². The van der Waals surface area contributed by atoms with E-state index in [1.165, 1.54) is 27.7 Å². The highest BCUT2D eigenvalue weighted by Crippen LogP contribution is 2.37. The Morgan fingerprint density at radius 1 is 0.778 bits per heavy atom. The Bertz CT molecular complexity index is 864. The molecule has 202 valence electrons. The van der Waals surface area contributed by atoms with Crippen molar-refractivity contribution in [3.8, 4) is 0 Å². The summed E-state index contributed by atoms with van der Waals surface area (Å²) in [7, 11) is 0. The molecule has 1 saturated heterocycles. The predicted octanol–water partition coefficient (Wildman–Crippen LogP) is 1.20. The Kier molecular flexibility index (Phi) is 12.0. The second-order valence-corrected chi connectivity index (χ2v) is 7.68. The van der Waals surface area contributed by atoms with E-state index < -0.39 is 72.6 Å². The van der Waals surface area contributed by atoms with Crippen LogP contribution in [0.2, 0.25) is 0 Å². The van der Waals surface area contributed by atoms with Crippen LogP contribution in [0.5, 0.6) is 0 Å². The number of rotatable bonds is 12. The summed E-state index contributed by atoms with van der Waals surface area (Å²) in [4.78, 5) is 71.7. The fourth-order valence-corrected chi connectivity index (χ4v) is 3.12. The van der Waals surface area contributed by atoms with Crippen LogP contribution in [0.15, 0.2) is 12.2 Å². The van der Waals surface area contributed by atoms with E-state index in [9.17, 15) is 28.8 Å². The van der Waals surface area contributed by atoms with Crippen molar-refractivity contribution in [3.05, 3.63) is 12.2 Å². The molecule has 0 amide bonds. The van der Waals surface area contributed by atoms with E-state index in [1.54, 1.807) is 6.92 Å². The summed E-state index contributed by atoms with van der Waals surface area (Å²) < 4.78 is 32.7. The maximum atomic E-state index is 12.4. The Hall–Kier alpha value is -3.48. The van der Waals surface area contributed by atoms with Crippen LogP contribution in [0.4, 0.5) is 0 Å². The van der Waals surface area contributed by atoms with Gasteiger partial charge in [0.25, 0.3) is 5.79 Å². The summed E-state index contributed by atoms with van der Waals surface area (Å²) in [6.45, 7) is 6.73. The third-order valence-electron chi connectivity index (χ3n) is 4.91. The largest absolute Gasteiger partial charge is 0.478 e. The van der Waals surface area contributed by atoms with Crippen molar-refractivity contribution in [2.45, 2.75) is 90.5 Å². The fourth-order valence-electron chi connectivity index (χ4n) is 3.12. The third kappa shape index (κ3) is 8.95. The monoisotopic (exact) mass is 516 g/mol. The van der Waals surface area contributed by atoms with Crippen molar-refractivity contribution < 1.29 is 62.3 Å². The Morgan fingerprint density at radius 2 is 1.28 bits per heavy atom.